The fourth-order valence-electron chi connectivity index (χ4n) is 1.64. The van der Waals surface area contributed by atoms with E-state index in [0.717, 1.165) is 4.31 Å². The first-order valence-electron chi connectivity index (χ1n) is 5.65. The van der Waals surface area contributed by atoms with Crippen molar-refractivity contribution in [2.24, 2.45) is 5.73 Å². The van der Waals surface area contributed by atoms with E-state index < -0.39 is 15.9 Å². The smallest absolute Gasteiger partial charge is 0.248 e. The number of aliphatic hydroxyl groups is 1. The molecule has 106 valence electrons. The number of aliphatic hydroxyl groups excluding tert-OH is 1. The van der Waals surface area contributed by atoms with Crippen molar-refractivity contribution in [1.29, 1.82) is 0 Å². The van der Waals surface area contributed by atoms with E-state index in [1.54, 1.807) is 6.92 Å². The van der Waals surface area contributed by atoms with E-state index in [0.29, 0.717) is 0 Å². The highest BCUT2D eigenvalue weighted by atomic mass is 32.2. The van der Waals surface area contributed by atoms with Gasteiger partial charge in [0.1, 0.15) is 4.90 Å². The zero-order valence-electron chi connectivity index (χ0n) is 10.5. The molecular weight excluding hydrogens is 270 g/mol. The minimum absolute atomic E-state index is 0.0180. The van der Waals surface area contributed by atoms with E-state index in [4.69, 9.17) is 16.6 Å². The Morgan fingerprint density at radius 1 is 1.42 bits per heavy atom. The fourth-order valence-corrected chi connectivity index (χ4v) is 3.17. The summed E-state index contributed by atoms with van der Waals surface area (Å²) in [5.74, 6) is -0.682. The Balaban J connectivity index is 3.25. The van der Waals surface area contributed by atoms with Crippen LogP contribution in [0.25, 0.3) is 0 Å². The van der Waals surface area contributed by atoms with Gasteiger partial charge in [0.2, 0.25) is 15.9 Å². The molecule has 0 saturated carbocycles. The molecule has 1 rings (SSSR count). The van der Waals surface area contributed by atoms with Crippen molar-refractivity contribution in [3.05, 3.63) is 23.8 Å². The molecule has 0 saturated heterocycles. The zero-order chi connectivity index (χ0) is 14.6. The lowest BCUT2D eigenvalue weighted by atomic mass is 10.2. The third-order valence-corrected chi connectivity index (χ3v) is 4.66. The number of nitrogens with zero attached hydrogens (tertiary/aromatic N) is 1. The number of primary amides is 1. The first kappa shape index (κ1) is 15.4. The summed E-state index contributed by atoms with van der Waals surface area (Å²) in [6, 6.07) is 3.77. The van der Waals surface area contributed by atoms with Crippen LogP contribution in [0.5, 0.6) is 0 Å². The molecule has 0 atom stereocenters. The summed E-state index contributed by atoms with van der Waals surface area (Å²) >= 11 is 0. The first-order chi connectivity index (χ1) is 8.84. The summed E-state index contributed by atoms with van der Waals surface area (Å²) < 4.78 is 25.6. The molecule has 0 radical (unpaired) electrons. The topological polar surface area (TPSA) is 127 Å². The molecule has 0 spiro atoms. The third kappa shape index (κ3) is 3.22. The first-order valence-corrected chi connectivity index (χ1v) is 7.09. The number of carbonyl (C=O) groups is 1. The second kappa shape index (κ2) is 6.00. The number of likely N-dealkylation sites (N-methyl/N-ethyl adjacent to an activating group) is 1. The lowest BCUT2D eigenvalue weighted by Gasteiger charge is -2.20. The van der Waals surface area contributed by atoms with Crippen molar-refractivity contribution in [2.45, 2.75) is 11.8 Å². The number of hydrogen-bond acceptors (Lipinski definition) is 5. The number of benzene rings is 1. The van der Waals surface area contributed by atoms with Gasteiger partial charge in [0, 0.05) is 18.7 Å². The molecule has 0 aliphatic heterocycles. The van der Waals surface area contributed by atoms with Crippen molar-refractivity contribution in [3.8, 4) is 0 Å². The molecule has 19 heavy (non-hydrogen) atoms. The van der Waals surface area contributed by atoms with Crippen molar-refractivity contribution in [1.82, 2.24) is 4.31 Å². The molecular formula is C11H17N3O4S. The van der Waals surface area contributed by atoms with Crippen molar-refractivity contribution in [3.63, 3.8) is 0 Å². The predicted molar refractivity (Wildman–Crippen MR) is 70.9 cm³/mol. The van der Waals surface area contributed by atoms with E-state index in [1.165, 1.54) is 18.2 Å². The molecule has 0 aliphatic carbocycles. The number of rotatable bonds is 6. The van der Waals surface area contributed by atoms with Crippen LogP contribution in [-0.2, 0) is 10.0 Å². The standard InChI is InChI=1S/C11H17N3O4S/c1-2-14(5-6-15)19(17,18)10-4-3-8(11(13)16)7-9(10)12/h3-4,7,15H,2,5-6,12H2,1H3,(H2,13,16). The fraction of sp³-hybridized carbons (Fsp3) is 0.364. The molecule has 1 amide bonds. The van der Waals surface area contributed by atoms with Gasteiger partial charge < -0.3 is 16.6 Å². The van der Waals surface area contributed by atoms with Crippen LogP contribution in [0.3, 0.4) is 0 Å². The van der Waals surface area contributed by atoms with Crippen molar-refractivity contribution < 1.29 is 18.3 Å². The SMILES string of the molecule is CCN(CCO)S(=O)(=O)c1ccc(C(N)=O)cc1N. The minimum atomic E-state index is -3.79. The average molecular weight is 287 g/mol. The van der Waals surface area contributed by atoms with Gasteiger partial charge in [0.25, 0.3) is 0 Å². The maximum absolute atomic E-state index is 12.3. The molecule has 0 bridgehead atoms. The Hall–Kier alpha value is -1.64. The van der Waals surface area contributed by atoms with Gasteiger partial charge in [-0.25, -0.2) is 8.42 Å². The third-order valence-electron chi connectivity index (χ3n) is 2.61. The summed E-state index contributed by atoms with van der Waals surface area (Å²) in [5.41, 5.74) is 10.8. The van der Waals surface area contributed by atoms with E-state index in [9.17, 15) is 13.2 Å². The maximum Gasteiger partial charge on any atom is 0.248 e. The second-order valence-corrected chi connectivity index (χ2v) is 5.74. The number of nitrogens with two attached hydrogens (primary N) is 2. The van der Waals surface area contributed by atoms with Crippen LogP contribution in [0, 0.1) is 0 Å². The predicted octanol–water partition coefficient (Wildman–Crippen LogP) is -0.629. The molecule has 0 unspecified atom stereocenters. The van der Waals surface area contributed by atoms with Crippen LogP contribution in [0.15, 0.2) is 23.1 Å². The molecule has 5 N–H and O–H groups in total. The van der Waals surface area contributed by atoms with Crippen LogP contribution in [-0.4, -0.2) is 43.4 Å². The van der Waals surface area contributed by atoms with Crippen LogP contribution >= 0.6 is 0 Å². The molecule has 0 fully saturated rings. The highest BCUT2D eigenvalue weighted by Gasteiger charge is 2.25. The monoisotopic (exact) mass is 287 g/mol. The summed E-state index contributed by atoms with van der Waals surface area (Å²) in [7, 11) is -3.79. The molecule has 1 aromatic carbocycles. The molecule has 0 heterocycles. The number of amides is 1. The van der Waals surface area contributed by atoms with Crippen LogP contribution in [0.2, 0.25) is 0 Å². The van der Waals surface area contributed by atoms with Gasteiger partial charge in [0.05, 0.1) is 12.3 Å². The Morgan fingerprint density at radius 2 is 2.05 bits per heavy atom. The molecule has 7 nitrogen and oxygen atoms in total. The van der Waals surface area contributed by atoms with E-state index in [-0.39, 0.29) is 35.8 Å². The highest BCUT2D eigenvalue weighted by Crippen LogP contribution is 2.23. The Bertz CT molecular complexity index is 571. The summed E-state index contributed by atoms with van der Waals surface area (Å²) in [6.45, 7) is 1.56. The molecule has 0 aromatic heterocycles. The average Bonchev–Trinajstić information content (AvgIpc) is 2.35. The minimum Gasteiger partial charge on any atom is -0.398 e. The van der Waals surface area contributed by atoms with Gasteiger partial charge in [-0.2, -0.15) is 4.31 Å². The number of hydrogen-bond donors (Lipinski definition) is 3. The van der Waals surface area contributed by atoms with Gasteiger partial charge in [-0.3, -0.25) is 4.79 Å². The van der Waals surface area contributed by atoms with E-state index in [1.807, 2.05) is 0 Å². The Labute approximate surface area is 111 Å². The van der Waals surface area contributed by atoms with Gasteiger partial charge in [0.15, 0.2) is 0 Å². The van der Waals surface area contributed by atoms with Gasteiger partial charge >= 0.3 is 0 Å². The molecule has 8 heteroatoms. The van der Waals surface area contributed by atoms with Crippen LogP contribution in [0.4, 0.5) is 5.69 Å². The quantitative estimate of drug-likeness (QED) is 0.600. The Kier molecular flexibility index (Phi) is 4.87. The number of anilines is 1. The Morgan fingerprint density at radius 3 is 2.47 bits per heavy atom. The molecule has 0 aliphatic rings. The normalized spacial score (nSPS) is 11.7. The van der Waals surface area contributed by atoms with Crippen LogP contribution < -0.4 is 11.5 Å². The summed E-state index contributed by atoms with van der Waals surface area (Å²) in [5, 5.41) is 8.87. The lowest BCUT2D eigenvalue weighted by molar-refractivity contribution is 0.1000. The van der Waals surface area contributed by atoms with Crippen molar-refractivity contribution in [2.75, 3.05) is 25.4 Å². The van der Waals surface area contributed by atoms with E-state index in [2.05, 4.69) is 0 Å². The van der Waals surface area contributed by atoms with Gasteiger partial charge in [-0.1, -0.05) is 6.92 Å². The van der Waals surface area contributed by atoms with E-state index >= 15 is 0 Å². The van der Waals surface area contributed by atoms with Crippen molar-refractivity contribution >= 4 is 21.6 Å². The van der Waals surface area contributed by atoms with Gasteiger partial charge in [-0.15, -0.1) is 0 Å². The molecule has 1 aromatic rings. The largest absolute Gasteiger partial charge is 0.398 e. The van der Waals surface area contributed by atoms with Crippen LogP contribution in [0.1, 0.15) is 17.3 Å². The summed E-state index contributed by atoms with van der Waals surface area (Å²) in [4.78, 5) is 10.9. The highest BCUT2D eigenvalue weighted by molar-refractivity contribution is 7.89. The number of carbonyl (C=O) groups excluding carboxylic acids is 1. The van der Waals surface area contributed by atoms with Gasteiger partial charge in [-0.05, 0) is 18.2 Å². The number of sulfonamides is 1. The summed E-state index contributed by atoms with van der Waals surface area (Å²) in [6.07, 6.45) is 0. The maximum atomic E-state index is 12.3. The second-order valence-electron chi connectivity index (χ2n) is 3.84. The lowest BCUT2D eigenvalue weighted by Crippen LogP contribution is -2.33. The zero-order valence-corrected chi connectivity index (χ0v) is 11.4. The number of nitrogen functional groups attached to an aromatic ring is 1.